The van der Waals surface area contributed by atoms with Crippen molar-refractivity contribution in [2.24, 2.45) is 0 Å². The number of ether oxygens (including phenoxy) is 1. The summed E-state index contributed by atoms with van der Waals surface area (Å²) in [6.45, 7) is 0. The standard InChI is InChI=1S/C29H23Br2NO5/c30-23-13-18(15-27(35)36)14-24(31)29(23)37-22-11-12-25(33)21(16-22)17-26(34)32-28(19-7-3-1-4-8-19)20-9-5-2-6-10-20/h1-14,16,28,33H,15,17H2,(H,32,34)(H,35,36). The van der Waals surface area contributed by atoms with Gasteiger partial charge in [-0.15, -0.1) is 0 Å². The number of hydrogen-bond donors (Lipinski definition) is 3. The normalized spacial score (nSPS) is 10.8. The molecule has 0 saturated heterocycles. The number of amides is 1. The molecule has 6 nitrogen and oxygen atoms in total. The van der Waals surface area contributed by atoms with Crippen molar-refractivity contribution in [3.63, 3.8) is 0 Å². The van der Waals surface area contributed by atoms with E-state index < -0.39 is 5.97 Å². The molecule has 0 aromatic heterocycles. The number of hydrogen-bond acceptors (Lipinski definition) is 4. The molecule has 0 heterocycles. The van der Waals surface area contributed by atoms with Crippen molar-refractivity contribution in [3.05, 3.63) is 122 Å². The van der Waals surface area contributed by atoms with E-state index in [0.29, 0.717) is 31.6 Å². The number of rotatable bonds is 9. The van der Waals surface area contributed by atoms with Crippen LogP contribution in [0.1, 0.15) is 28.3 Å². The average molecular weight is 625 g/mol. The molecule has 4 rings (SSSR count). The first-order valence-electron chi connectivity index (χ1n) is 11.4. The Morgan fingerprint density at radius 2 is 1.38 bits per heavy atom. The maximum atomic E-state index is 13.1. The lowest BCUT2D eigenvalue weighted by molar-refractivity contribution is -0.136. The van der Waals surface area contributed by atoms with Crippen LogP contribution in [0.25, 0.3) is 0 Å². The van der Waals surface area contributed by atoms with Crippen LogP contribution in [-0.4, -0.2) is 22.1 Å². The molecule has 4 aromatic rings. The Morgan fingerprint density at radius 3 is 1.92 bits per heavy atom. The predicted molar refractivity (Wildman–Crippen MR) is 148 cm³/mol. The first kappa shape index (κ1) is 26.4. The van der Waals surface area contributed by atoms with Gasteiger partial charge in [-0.3, -0.25) is 9.59 Å². The van der Waals surface area contributed by atoms with Crippen LogP contribution in [0.2, 0.25) is 0 Å². The molecule has 0 spiro atoms. The van der Waals surface area contributed by atoms with E-state index in [1.807, 2.05) is 60.7 Å². The topological polar surface area (TPSA) is 95.9 Å². The molecule has 0 aliphatic rings. The Hall–Kier alpha value is -3.62. The van der Waals surface area contributed by atoms with Crippen LogP contribution in [-0.2, 0) is 22.4 Å². The van der Waals surface area contributed by atoms with E-state index in [9.17, 15) is 14.7 Å². The quantitative estimate of drug-likeness (QED) is 0.191. The Bertz CT molecular complexity index is 1350. The van der Waals surface area contributed by atoms with Gasteiger partial charge in [0.15, 0.2) is 5.75 Å². The molecule has 8 heteroatoms. The van der Waals surface area contributed by atoms with E-state index in [0.717, 1.165) is 11.1 Å². The third-order valence-electron chi connectivity index (χ3n) is 5.61. The van der Waals surface area contributed by atoms with Gasteiger partial charge in [-0.05, 0) is 78.9 Å². The number of nitrogens with one attached hydrogen (secondary N) is 1. The van der Waals surface area contributed by atoms with E-state index in [1.165, 1.54) is 6.07 Å². The zero-order valence-electron chi connectivity index (χ0n) is 19.5. The summed E-state index contributed by atoms with van der Waals surface area (Å²) in [5.41, 5.74) is 2.91. The Balaban J connectivity index is 1.53. The zero-order chi connectivity index (χ0) is 26.4. The molecule has 3 N–H and O–H groups in total. The van der Waals surface area contributed by atoms with Crippen LogP contribution >= 0.6 is 31.9 Å². The van der Waals surface area contributed by atoms with Crippen LogP contribution in [0.4, 0.5) is 0 Å². The molecule has 0 aliphatic carbocycles. The van der Waals surface area contributed by atoms with Crippen LogP contribution in [0.15, 0.2) is 99.9 Å². The van der Waals surface area contributed by atoms with Crippen molar-refractivity contribution in [2.45, 2.75) is 18.9 Å². The van der Waals surface area contributed by atoms with E-state index in [1.54, 1.807) is 24.3 Å². The fourth-order valence-corrected chi connectivity index (χ4v) is 5.35. The number of carbonyl (C=O) groups excluding carboxylic acids is 1. The molecule has 0 fully saturated rings. The van der Waals surface area contributed by atoms with Gasteiger partial charge in [0, 0.05) is 5.56 Å². The van der Waals surface area contributed by atoms with E-state index in [4.69, 9.17) is 9.84 Å². The number of aromatic hydroxyl groups is 1. The minimum absolute atomic E-state index is 0.0200. The molecule has 188 valence electrons. The smallest absolute Gasteiger partial charge is 0.307 e. The molecule has 0 bridgehead atoms. The summed E-state index contributed by atoms with van der Waals surface area (Å²) < 4.78 is 7.15. The van der Waals surface area contributed by atoms with Gasteiger partial charge in [0.1, 0.15) is 11.5 Å². The van der Waals surface area contributed by atoms with Gasteiger partial charge < -0.3 is 20.3 Å². The number of aliphatic carboxylic acids is 1. The highest BCUT2D eigenvalue weighted by molar-refractivity contribution is 9.11. The third-order valence-corrected chi connectivity index (χ3v) is 6.78. The molecule has 1 amide bonds. The number of carbonyl (C=O) groups is 2. The first-order chi connectivity index (χ1) is 17.8. The van der Waals surface area contributed by atoms with E-state index in [2.05, 4.69) is 37.2 Å². The lowest BCUT2D eigenvalue weighted by Crippen LogP contribution is -2.30. The second-order valence-corrected chi connectivity index (χ2v) is 10.1. The highest BCUT2D eigenvalue weighted by Gasteiger charge is 2.19. The predicted octanol–water partition coefficient (Wildman–Crippen LogP) is 6.78. The molecule has 0 radical (unpaired) electrons. The first-order valence-corrected chi connectivity index (χ1v) is 13.0. The summed E-state index contributed by atoms with van der Waals surface area (Å²) >= 11 is 6.86. The average Bonchev–Trinajstić information content (AvgIpc) is 2.87. The summed E-state index contributed by atoms with van der Waals surface area (Å²) in [6.07, 6.45) is -0.179. The molecular formula is C29H23Br2NO5. The van der Waals surface area contributed by atoms with Crippen molar-refractivity contribution in [2.75, 3.05) is 0 Å². The number of benzene rings is 4. The Labute approximate surface area is 231 Å². The van der Waals surface area contributed by atoms with Crippen LogP contribution in [0.3, 0.4) is 0 Å². The maximum Gasteiger partial charge on any atom is 0.307 e. The molecule has 0 aliphatic heterocycles. The zero-order valence-corrected chi connectivity index (χ0v) is 22.7. The van der Waals surface area contributed by atoms with Gasteiger partial charge in [0.05, 0.1) is 27.8 Å². The second kappa shape index (κ2) is 12.1. The minimum Gasteiger partial charge on any atom is -0.508 e. The van der Waals surface area contributed by atoms with Gasteiger partial charge in [-0.2, -0.15) is 0 Å². The van der Waals surface area contributed by atoms with Crippen LogP contribution < -0.4 is 10.1 Å². The Kier molecular flexibility index (Phi) is 8.63. The molecule has 37 heavy (non-hydrogen) atoms. The van der Waals surface area contributed by atoms with Crippen molar-refractivity contribution in [1.82, 2.24) is 5.32 Å². The largest absolute Gasteiger partial charge is 0.508 e. The molecule has 4 aromatic carbocycles. The maximum absolute atomic E-state index is 13.1. The van der Waals surface area contributed by atoms with Crippen molar-refractivity contribution >= 4 is 43.7 Å². The van der Waals surface area contributed by atoms with Crippen molar-refractivity contribution in [1.29, 1.82) is 0 Å². The van der Waals surface area contributed by atoms with Gasteiger partial charge in [-0.1, -0.05) is 60.7 Å². The lowest BCUT2D eigenvalue weighted by atomic mass is 9.98. The third kappa shape index (κ3) is 6.99. The van der Waals surface area contributed by atoms with Gasteiger partial charge in [-0.25, -0.2) is 0 Å². The minimum atomic E-state index is -0.935. The second-order valence-electron chi connectivity index (χ2n) is 8.35. The summed E-state index contributed by atoms with van der Waals surface area (Å²) in [5.74, 6) is -0.353. The number of carboxylic acids is 1. The number of phenolic OH excluding ortho intramolecular Hbond substituents is 1. The molecular weight excluding hydrogens is 602 g/mol. The monoisotopic (exact) mass is 623 g/mol. The molecule has 0 unspecified atom stereocenters. The molecule has 0 saturated carbocycles. The summed E-state index contributed by atoms with van der Waals surface area (Å²) in [5, 5.41) is 22.6. The van der Waals surface area contributed by atoms with Crippen LogP contribution in [0.5, 0.6) is 17.2 Å². The summed E-state index contributed by atoms with van der Waals surface area (Å²) in [7, 11) is 0. The SMILES string of the molecule is O=C(O)Cc1cc(Br)c(Oc2ccc(O)c(CC(=O)NC(c3ccccc3)c3ccccc3)c2)c(Br)c1. The van der Waals surface area contributed by atoms with E-state index in [-0.39, 0.29) is 30.5 Å². The highest BCUT2D eigenvalue weighted by atomic mass is 79.9. The highest BCUT2D eigenvalue weighted by Crippen LogP contribution is 2.39. The van der Waals surface area contributed by atoms with E-state index >= 15 is 0 Å². The summed E-state index contributed by atoms with van der Waals surface area (Å²) in [4.78, 5) is 24.1. The van der Waals surface area contributed by atoms with Gasteiger partial charge in [0.2, 0.25) is 5.91 Å². The van der Waals surface area contributed by atoms with Crippen molar-refractivity contribution < 1.29 is 24.5 Å². The Morgan fingerprint density at radius 1 is 0.811 bits per heavy atom. The lowest BCUT2D eigenvalue weighted by Gasteiger charge is -2.20. The van der Waals surface area contributed by atoms with Crippen molar-refractivity contribution in [3.8, 4) is 17.2 Å². The van der Waals surface area contributed by atoms with Crippen LogP contribution in [0, 0.1) is 0 Å². The molecule has 0 atom stereocenters. The van der Waals surface area contributed by atoms with Gasteiger partial charge in [0.25, 0.3) is 0 Å². The number of phenols is 1. The van der Waals surface area contributed by atoms with Gasteiger partial charge >= 0.3 is 5.97 Å². The number of carboxylic acid groups (broad SMARTS) is 1. The number of halogens is 2. The fraction of sp³-hybridized carbons (Fsp3) is 0.103. The fourth-order valence-electron chi connectivity index (χ4n) is 3.91. The summed E-state index contributed by atoms with van der Waals surface area (Å²) in [6, 6.07) is 27.1.